The molecule has 0 atom stereocenters. The molecule has 0 aliphatic carbocycles. The van der Waals surface area contributed by atoms with E-state index in [-0.39, 0.29) is 5.91 Å². The van der Waals surface area contributed by atoms with E-state index in [1.165, 1.54) is 0 Å². The van der Waals surface area contributed by atoms with Crippen molar-refractivity contribution in [2.75, 3.05) is 24.3 Å². The van der Waals surface area contributed by atoms with Crippen LogP contribution in [0, 0.1) is 6.92 Å². The van der Waals surface area contributed by atoms with Gasteiger partial charge in [0, 0.05) is 32.1 Å². The number of aromatic amines is 1. The number of anilines is 2. The summed E-state index contributed by atoms with van der Waals surface area (Å²) in [4.78, 5) is 17.9. The zero-order chi connectivity index (χ0) is 13.1. The largest absolute Gasteiger partial charge is 0.363 e. The second-order valence-electron chi connectivity index (χ2n) is 4.19. The molecule has 2 rings (SSSR count). The Balaban J connectivity index is 2.09. The monoisotopic (exact) mass is 245 g/mol. The van der Waals surface area contributed by atoms with Gasteiger partial charge in [-0.2, -0.15) is 5.10 Å². The van der Waals surface area contributed by atoms with Crippen molar-refractivity contribution in [1.29, 1.82) is 0 Å². The normalized spacial score (nSPS) is 10.2. The fourth-order valence-electron chi connectivity index (χ4n) is 1.46. The Morgan fingerprint density at radius 2 is 2.17 bits per heavy atom. The fourth-order valence-corrected chi connectivity index (χ4v) is 1.46. The maximum Gasteiger partial charge on any atom is 0.258 e. The lowest BCUT2D eigenvalue weighted by Crippen LogP contribution is -2.14. The van der Waals surface area contributed by atoms with Crippen molar-refractivity contribution in [1.82, 2.24) is 15.2 Å². The van der Waals surface area contributed by atoms with Crippen molar-refractivity contribution in [2.45, 2.75) is 6.92 Å². The van der Waals surface area contributed by atoms with Gasteiger partial charge in [-0.15, -0.1) is 0 Å². The summed E-state index contributed by atoms with van der Waals surface area (Å²) in [5, 5.41) is 9.40. The minimum Gasteiger partial charge on any atom is -0.363 e. The predicted octanol–water partition coefficient (Wildman–Crippen LogP) is 1.43. The molecule has 0 spiro atoms. The topological polar surface area (TPSA) is 73.9 Å². The first-order valence-electron chi connectivity index (χ1n) is 5.53. The van der Waals surface area contributed by atoms with Gasteiger partial charge in [-0.25, -0.2) is 4.98 Å². The van der Waals surface area contributed by atoms with E-state index >= 15 is 0 Å². The molecule has 0 saturated carbocycles. The van der Waals surface area contributed by atoms with Crippen LogP contribution in [0.2, 0.25) is 0 Å². The molecule has 2 aromatic rings. The number of pyridine rings is 1. The van der Waals surface area contributed by atoms with Gasteiger partial charge in [0.2, 0.25) is 0 Å². The van der Waals surface area contributed by atoms with Crippen LogP contribution in [0.15, 0.2) is 24.4 Å². The number of carbonyl (C=O) groups excluding carboxylic acids is 1. The van der Waals surface area contributed by atoms with Gasteiger partial charge in [0.05, 0.1) is 5.56 Å². The molecule has 6 heteroatoms. The predicted molar refractivity (Wildman–Crippen MR) is 69.8 cm³/mol. The van der Waals surface area contributed by atoms with Gasteiger partial charge in [0.25, 0.3) is 5.91 Å². The second-order valence-corrected chi connectivity index (χ2v) is 4.19. The third-order valence-corrected chi connectivity index (χ3v) is 2.42. The van der Waals surface area contributed by atoms with E-state index in [4.69, 9.17) is 0 Å². The molecule has 94 valence electrons. The maximum absolute atomic E-state index is 11.9. The first kappa shape index (κ1) is 12.1. The molecule has 1 amide bonds. The number of carbonyl (C=O) groups is 1. The molecular weight excluding hydrogens is 230 g/mol. The zero-order valence-electron chi connectivity index (χ0n) is 10.6. The van der Waals surface area contributed by atoms with Crippen LogP contribution in [0.3, 0.4) is 0 Å². The smallest absolute Gasteiger partial charge is 0.258 e. The van der Waals surface area contributed by atoms with Crippen molar-refractivity contribution in [3.8, 4) is 0 Å². The molecular formula is C12H15N5O. The van der Waals surface area contributed by atoms with Crippen LogP contribution in [0.1, 0.15) is 16.1 Å². The Morgan fingerprint density at radius 1 is 1.39 bits per heavy atom. The Labute approximate surface area is 105 Å². The zero-order valence-corrected chi connectivity index (χ0v) is 10.6. The van der Waals surface area contributed by atoms with Gasteiger partial charge >= 0.3 is 0 Å². The van der Waals surface area contributed by atoms with Crippen LogP contribution in [-0.2, 0) is 0 Å². The molecule has 2 aromatic heterocycles. The molecule has 0 aliphatic rings. The van der Waals surface area contributed by atoms with Crippen LogP contribution < -0.4 is 10.2 Å². The van der Waals surface area contributed by atoms with E-state index in [1.54, 1.807) is 24.4 Å². The average molecular weight is 245 g/mol. The lowest BCUT2D eigenvalue weighted by atomic mass is 10.2. The van der Waals surface area contributed by atoms with Crippen molar-refractivity contribution in [2.24, 2.45) is 0 Å². The molecule has 0 radical (unpaired) electrons. The molecule has 0 fully saturated rings. The van der Waals surface area contributed by atoms with Crippen molar-refractivity contribution < 1.29 is 4.79 Å². The lowest BCUT2D eigenvalue weighted by molar-refractivity contribution is 0.102. The highest BCUT2D eigenvalue weighted by molar-refractivity contribution is 6.03. The molecule has 0 saturated heterocycles. The van der Waals surface area contributed by atoms with Crippen LogP contribution in [0.4, 0.5) is 11.6 Å². The Morgan fingerprint density at radius 3 is 2.67 bits per heavy atom. The van der Waals surface area contributed by atoms with E-state index in [1.807, 2.05) is 25.9 Å². The third kappa shape index (κ3) is 2.65. The molecule has 0 aromatic carbocycles. The first-order chi connectivity index (χ1) is 8.56. The summed E-state index contributed by atoms with van der Waals surface area (Å²) < 4.78 is 0. The van der Waals surface area contributed by atoms with E-state index in [9.17, 15) is 4.79 Å². The van der Waals surface area contributed by atoms with Crippen LogP contribution in [0.5, 0.6) is 0 Å². The SMILES string of the molecule is Cc1cc(NC(=O)c2ccc(N(C)C)nc2)n[nH]1. The van der Waals surface area contributed by atoms with Gasteiger partial charge in [-0.3, -0.25) is 9.89 Å². The average Bonchev–Trinajstić information content (AvgIpc) is 2.75. The number of nitrogens with one attached hydrogen (secondary N) is 2. The van der Waals surface area contributed by atoms with Gasteiger partial charge in [0.15, 0.2) is 5.82 Å². The summed E-state index contributed by atoms with van der Waals surface area (Å²) in [5.74, 6) is 1.09. The molecule has 0 unspecified atom stereocenters. The number of amides is 1. The van der Waals surface area contributed by atoms with Crippen LogP contribution in [-0.4, -0.2) is 35.2 Å². The number of aromatic nitrogens is 3. The van der Waals surface area contributed by atoms with Gasteiger partial charge in [-0.05, 0) is 19.1 Å². The van der Waals surface area contributed by atoms with Crippen LogP contribution >= 0.6 is 0 Å². The number of H-pyrrole nitrogens is 1. The minimum absolute atomic E-state index is 0.223. The molecule has 2 heterocycles. The quantitative estimate of drug-likeness (QED) is 0.858. The summed E-state index contributed by atoms with van der Waals surface area (Å²) in [6.07, 6.45) is 1.55. The third-order valence-electron chi connectivity index (χ3n) is 2.42. The summed E-state index contributed by atoms with van der Waals surface area (Å²) in [6.45, 7) is 1.87. The molecule has 0 bridgehead atoms. The number of rotatable bonds is 3. The summed E-state index contributed by atoms with van der Waals surface area (Å²) in [6, 6.07) is 5.29. The van der Waals surface area contributed by atoms with Crippen LogP contribution in [0.25, 0.3) is 0 Å². The van der Waals surface area contributed by atoms with E-state index in [0.29, 0.717) is 11.4 Å². The Bertz CT molecular complexity index is 544. The second kappa shape index (κ2) is 4.87. The van der Waals surface area contributed by atoms with Crippen molar-refractivity contribution in [3.63, 3.8) is 0 Å². The van der Waals surface area contributed by atoms with E-state index in [2.05, 4.69) is 20.5 Å². The van der Waals surface area contributed by atoms with Gasteiger partial charge in [-0.1, -0.05) is 0 Å². The lowest BCUT2D eigenvalue weighted by Gasteiger charge is -2.10. The molecule has 0 aliphatic heterocycles. The van der Waals surface area contributed by atoms with Crippen molar-refractivity contribution in [3.05, 3.63) is 35.7 Å². The number of hydrogen-bond donors (Lipinski definition) is 2. The Kier molecular flexibility index (Phi) is 3.27. The first-order valence-corrected chi connectivity index (χ1v) is 5.53. The van der Waals surface area contributed by atoms with E-state index in [0.717, 1.165) is 11.5 Å². The minimum atomic E-state index is -0.223. The fraction of sp³-hybridized carbons (Fsp3) is 0.250. The molecule has 6 nitrogen and oxygen atoms in total. The number of aryl methyl sites for hydroxylation is 1. The highest BCUT2D eigenvalue weighted by atomic mass is 16.1. The standard InChI is InChI=1S/C12H15N5O/c1-8-6-10(16-15-8)14-12(18)9-4-5-11(13-7-9)17(2)3/h4-7H,1-3H3,(H2,14,15,16,18). The van der Waals surface area contributed by atoms with Gasteiger partial charge in [0.1, 0.15) is 5.82 Å². The van der Waals surface area contributed by atoms with E-state index < -0.39 is 0 Å². The van der Waals surface area contributed by atoms with Crippen molar-refractivity contribution >= 4 is 17.5 Å². The number of nitrogens with zero attached hydrogens (tertiary/aromatic N) is 3. The summed E-state index contributed by atoms with van der Waals surface area (Å²) >= 11 is 0. The molecule has 18 heavy (non-hydrogen) atoms. The number of hydrogen-bond acceptors (Lipinski definition) is 4. The Hall–Kier alpha value is -2.37. The summed E-state index contributed by atoms with van der Waals surface area (Å²) in [5.41, 5.74) is 1.40. The highest BCUT2D eigenvalue weighted by Gasteiger charge is 2.08. The maximum atomic E-state index is 11.9. The summed E-state index contributed by atoms with van der Waals surface area (Å²) in [7, 11) is 3.79. The highest BCUT2D eigenvalue weighted by Crippen LogP contribution is 2.10. The molecule has 2 N–H and O–H groups in total. The van der Waals surface area contributed by atoms with Gasteiger partial charge < -0.3 is 10.2 Å².